The molecule has 2 aromatic rings. The number of phosphoric ester groups is 1. The van der Waals surface area contributed by atoms with Crippen LogP contribution in [0.15, 0.2) is 28.4 Å². The van der Waals surface area contributed by atoms with Crippen molar-refractivity contribution in [2.24, 2.45) is 10.9 Å². The van der Waals surface area contributed by atoms with Gasteiger partial charge in [0.2, 0.25) is 5.91 Å². The summed E-state index contributed by atoms with van der Waals surface area (Å²) in [5.41, 5.74) is 11.9. The van der Waals surface area contributed by atoms with Gasteiger partial charge in [-0.05, 0) is 33.8 Å². The van der Waals surface area contributed by atoms with Crippen LogP contribution in [0.1, 0.15) is 52.0 Å². The van der Waals surface area contributed by atoms with E-state index in [2.05, 4.69) is 25.3 Å². The number of methoxy groups -OCH3 is 2. The number of nitrogens with zero attached hydrogens (tertiary/aromatic N) is 5. The van der Waals surface area contributed by atoms with E-state index >= 15 is 0 Å². The molecule has 2 aromatic heterocycles. The average molecular weight is 724 g/mol. The van der Waals surface area contributed by atoms with Gasteiger partial charge in [-0.1, -0.05) is 0 Å². The molecule has 0 aromatic carbocycles. The summed E-state index contributed by atoms with van der Waals surface area (Å²) in [4.78, 5) is 55.6. The second-order valence-electron chi connectivity index (χ2n) is 12.7. The highest BCUT2D eigenvalue weighted by Gasteiger charge is 2.52. The topological polar surface area (TPSA) is 259 Å². The van der Waals surface area contributed by atoms with Crippen LogP contribution < -0.4 is 27.4 Å². The molecule has 0 bridgehead atoms. The van der Waals surface area contributed by atoms with Gasteiger partial charge in [0.25, 0.3) is 7.82 Å². The highest BCUT2D eigenvalue weighted by Crippen LogP contribution is 2.48. The van der Waals surface area contributed by atoms with E-state index in [1.54, 1.807) is 20.1 Å². The van der Waals surface area contributed by atoms with E-state index in [-0.39, 0.29) is 37.3 Å². The van der Waals surface area contributed by atoms with Gasteiger partial charge in [0.1, 0.15) is 48.4 Å². The van der Waals surface area contributed by atoms with Gasteiger partial charge in [-0.25, -0.2) is 14.8 Å². The van der Waals surface area contributed by atoms with Crippen LogP contribution in [0.4, 0.5) is 17.3 Å². The van der Waals surface area contributed by atoms with Crippen molar-refractivity contribution < 1.29 is 47.0 Å². The van der Waals surface area contributed by atoms with Crippen LogP contribution >= 0.6 is 7.82 Å². The zero-order chi connectivity index (χ0) is 36.3. The summed E-state index contributed by atoms with van der Waals surface area (Å²) in [7, 11) is -2.01. The Bertz CT molecular complexity index is 1640. The number of hydrogen-bond donors (Lipinski definition) is 3. The third-order valence-electron chi connectivity index (χ3n) is 8.53. The molecule has 0 saturated carbocycles. The van der Waals surface area contributed by atoms with Gasteiger partial charge in [-0.3, -0.25) is 18.9 Å². The molecule has 5 rings (SSSR count). The number of ether oxygens (including phenoxy) is 5. The molecule has 3 aliphatic rings. The third kappa shape index (κ3) is 8.38. The molecule has 3 aliphatic heterocycles. The Labute approximate surface area is 288 Å². The van der Waals surface area contributed by atoms with Gasteiger partial charge in [-0.15, -0.1) is 0 Å². The maximum atomic E-state index is 13.6. The first-order valence-electron chi connectivity index (χ1n) is 16.1. The van der Waals surface area contributed by atoms with Gasteiger partial charge < -0.3 is 54.4 Å². The lowest BCUT2D eigenvalue weighted by Gasteiger charge is -2.32. The molecule has 1 amide bonds. The van der Waals surface area contributed by atoms with Crippen LogP contribution in [-0.2, 0) is 42.1 Å². The number of nitrogens with one attached hydrogen (secondary N) is 1. The largest absolute Gasteiger partial charge is 0.756 e. The minimum Gasteiger partial charge on any atom is -0.756 e. The summed E-state index contributed by atoms with van der Waals surface area (Å²) in [5, 5.41) is 2.83. The first kappa shape index (κ1) is 37.9. The lowest BCUT2D eigenvalue weighted by Crippen LogP contribution is -2.44. The lowest BCUT2D eigenvalue weighted by molar-refractivity contribution is -0.236. The first-order valence-corrected chi connectivity index (χ1v) is 17.6. The van der Waals surface area contributed by atoms with E-state index < -0.39 is 80.2 Å². The number of phosphoric acid groups is 1. The summed E-state index contributed by atoms with van der Waals surface area (Å²) >= 11 is 0. The Morgan fingerprint density at radius 3 is 2.48 bits per heavy atom. The number of carbonyl (C=O) groups excluding carboxylic acids is 1. The van der Waals surface area contributed by atoms with Crippen LogP contribution in [0.25, 0.3) is 0 Å². The summed E-state index contributed by atoms with van der Waals surface area (Å²) in [6.07, 6.45) is -2.96. The summed E-state index contributed by atoms with van der Waals surface area (Å²) in [5.74, 6) is -1.37. The number of rotatable bonds is 15. The van der Waals surface area contributed by atoms with Crippen molar-refractivity contribution in [1.29, 1.82) is 0 Å². The molecule has 5 heterocycles. The van der Waals surface area contributed by atoms with Crippen LogP contribution in [0.3, 0.4) is 0 Å². The minimum absolute atomic E-state index is 0.0501. The van der Waals surface area contributed by atoms with E-state index in [1.165, 1.54) is 37.4 Å². The predicted molar refractivity (Wildman–Crippen MR) is 175 cm³/mol. The number of fused-ring (bicyclic) bond motifs is 1. The molecule has 5 N–H and O–H groups in total. The maximum absolute atomic E-state index is 13.6. The molecule has 276 valence electrons. The van der Waals surface area contributed by atoms with Crippen LogP contribution in [0.2, 0.25) is 0 Å². The Hall–Kier alpha value is -3.39. The first-order chi connectivity index (χ1) is 23.7. The second-order valence-corrected chi connectivity index (χ2v) is 14.0. The summed E-state index contributed by atoms with van der Waals surface area (Å²) in [6.45, 7) is 6.77. The molecule has 50 heavy (non-hydrogen) atoms. The van der Waals surface area contributed by atoms with Crippen molar-refractivity contribution in [3.8, 4) is 0 Å². The van der Waals surface area contributed by atoms with Crippen molar-refractivity contribution in [1.82, 2.24) is 24.8 Å². The van der Waals surface area contributed by atoms with E-state index in [9.17, 15) is 19.0 Å². The monoisotopic (exact) mass is 723 g/mol. The second kappa shape index (κ2) is 15.9. The van der Waals surface area contributed by atoms with Gasteiger partial charge in [-0.2, -0.15) is 4.98 Å². The minimum atomic E-state index is -4.86. The van der Waals surface area contributed by atoms with E-state index in [0.717, 1.165) is 0 Å². The quantitative estimate of drug-likeness (QED) is 0.208. The number of nitrogen functional groups attached to an aromatic ring is 2. The smallest absolute Gasteiger partial charge is 0.351 e. The van der Waals surface area contributed by atoms with Gasteiger partial charge in [0.15, 0.2) is 12.0 Å². The van der Waals surface area contributed by atoms with E-state index in [4.69, 9.17) is 44.2 Å². The number of hydrogen-bond acceptors (Lipinski definition) is 17. The van der Waals surface area contributed by atoms with Crippen molar-refractivity contribution in [2.45, 2.75) is 95.1 Å². The zero-order valence-corrected chi connectivity index (χ0v) is 29.5. The molecule has 2 fully saturated rings. The maximum Gasteiger partial charge on any atom is 0.351 e. The number of nitrogens with two attached hydrogens (primary N) is 2. The molecule has 20 heteroatoms. The van der Waals surface area contributed by atoms with Gasteiger partial charge in [0, 0.05) is 45.5 Å². The lowest BCUT2D eigenvalue weighted by atomic mass is 9.93. The standard InChI is InChI=1S/C30H45N8O11P/c1-14(2)45-12-19-16(25(43-5)29(47-19)38-8-7-20(31)37-30(38)40)9-21(39)33-11-18-26(49-50(41,42)48-15(3)4)27(44-6)24(46-18)17-10-34-23-22(17)35-13-36-28(23)32/h7-8,10,13-19,24-27,29H,9,11-12H2,1-6H3,(H,33,39)(H,41,42)(H2,31,37,40)(H2,32,35,36)/p-1/t16-,17?,18-,19-,24+,25-,26-,27+,29-/m1/s1. The highest BCUT2D eigenvalue weighted by molar-refractivity contribution is 7.45. The van der Waals surface area contributed by atoms with Crippen LogP contribution in [0.5, 0.6) is 0 Å². The highest BCUT2D eigenvalue weighted by atomic mass is 31.2. The SMILES string of the molecule is CO[C@@H]1[C@H](CC(=O)NC[C@H]2O[C@@H](C3C=Nc4c(N)ncnc43)[C@H](OC)[C@@H]2OP(=O)([O-])OC(C)C)[C@@H](COC(C)C)O[C@H]1n1ccc(N)nc1=O. The molecular weight excluding hydrogens is 679 g/mol. The van der Waals surface area contributed by atoms with E-state index in [1.807, 2.05) is 13.8 Å². The number of carbonyl (C=O) groups is 1. The number of aromatic nitrogens is 4. The fourth-order valence-electron chi connectivity index (χ4n) is 6.40. The summed E-state index contributed by atoms with van der Waals surface area (Å²) < 4.78 is 54.7. The van der Waals surface area contributed by atoms with Crippen molar-refractivity contribution in [2.75, 3.05) is 38.8 Å². The normalized spacial score (nSPS) is 30.2. The molecule has 0 radical (unpaired) electrons. The fourth-order valence-corrected chi connectivity index (χ4v) is 7.52. The zero-order valence-electron chi connectivity index (χ0n) is 28.6. The Kier molecular flexibility index (Phi) is 12.0. The molecule has 2 saturated heterocycles. The third-order valence-corrected chi connectivity index (χ3v) is 9.71. The Morgan fingerprint density at radius 1 is 1.08 bits per heavy atom. The van der Waals surface area contributed by atoms with Crippen molar-refractivity contribution >= 4 is 37.3 Å². The van der Waals surface area contributed by atoms with Crippen molar-refractivity contribution in [3.63, 3.8) is 0 Å². The Balaban J connectivity index is 1.35. The Morgan fingerprint density at radius 2 is 1.82 bits per heavy atom. The van der Waals surface area contributed by atoms with Crippen LogP contribution in [0, 0.1) is 5.92 Å². The predicted octanol–water partition coefficient (Wildman–Crippen LogP) is 0.218. The van der Waals surface area contributed by atoms with Gasteiger partial charge >= 0.3 is 5.69 Å². The summed E-state index contributed by atoms with van der Waals surface area (Å²) in [6, 6.07) is 1.46. The number of anilines is 2. The molecule has 0 aliphatic carbocycles. The molecule has 19 nitrogen and oxygen atoms in total. The average Bonchev–Trinajstić information content (AvgIpc) is 3.71. The fraction of sp³-hybridized carbons (Fsp3) is 0.667. The molecule has 0 spiro atoms. The number of amides is 1. The van der Waals surface area contributed by atoms with Gasteiger partial charge in [0.05, 0.1) is 36.5 Å². The van der Waals surface area contributed by atoms with Crippen LogP contribution in [-0.4, -0.2) is 108 Å². The molecule has 10 atom stereocenters. The number of aliphatic imine (C=N–C) groups is 1. The molecule has 2 unspecified atom stereocenters. The van der Waals surface area contributed by atoms with Crippen molar-refractivity contribution in [3.05, 3.63) is 34.8 Å². The molecular formula is C30H44N8O11P-. The van der Waals surface area contributed by atoms with E-state index in [0.29, 0.717) is 11.4 Å².